The maximum absolute atomic E-state index is 5.15. The van der Waals surface area contributed by atoms with E-state index in [0.717, 1.165) is 24.4 Å². The highest BCUT2D eigenvalue weighted by Crippen LogP contribution is 2.24. The second kappa shape index (κ2) is 7.04. The molecule has 0 amide bonds. The van der Waals surface area contributed by atoms with E-state index < -0.39 is 8.24 Å². The molecule has 0 bridgehead atoms. The van der Waals surface area contributed by atoms with Crippen molar-refractivity contribution in [3.63, 3.8) is 0 Å². The van der Waals surface area contributed by atoms with Crippen LogP contribution in [0.3, 0.4) is 0 Å². The third kappa shape index (κ3) is 4.18. The van der Waals surface area contributed by atoms with Crippen LogP contribution in [0.2, 0.25) is 19.1 Å². The highest BCUT2D eigenvalue weighted by atomic mass is 28.3. The molecule has 1 aliphatic heterocycles. The topological polar surface area (TPSA) is 24.8 Å². The zero-order valence-electron chi connectivity index (χ0n) is 12.9. The van der Waals surface area contributed by atoms with E-state index >= 15 is 0 Å². The fourth-order valence-corrected chi connectivity index (χ4v) is 5.67. The summed E-state index contributed by atoms with van der Waals surface area (Å²) >= 11 is 0. The van der Waals surface area contributed by atoms with Crippen LogP contribution < -0.4 is 4.74 Å². The summed E-state index contributed by atoms with van der Waals surface area (Å²) in [6.07, 6.45) is 4.75. The highest BCUT2D eigenvalue weighted by molar-refractivity contribution is 6.74. The molecule has 0 aliphatic carbocycles. The number of methoxy groups -OCH3 is 1. The Kier molecular flexibility index (Phi) is 5.37. The molecule has 1 aromatic rings. The second-order valence-electron chi connectivity index (χ2n) is 6.07. The molecule has 3 nitrogen and oxygen atoms in total. The van der Waals surface area contributed by atoms with Gasteiger partial charge in [0.2, 0.25) is 0 Å². The van der Waals surface area contributed by atoms with Crippen LogP contribution >= 0.6 is 0 Å². The van der Waals surface area contributed by atoms with Crippen molar-refractivity contribution in [3.05, 3.63) is 29.8 Å². The van der Waals surface area contributed by atoms with Crippen LogP contribution in [0.4, 0.5) is 0 Å². The van der Waals surface area contributed by atoms with E-state index in [1.807, 2.05) is 30.5 Å². The monoisotopic (exact) mass is 290 g/mol. The molecule has 0 atom stereocenters. The predicted octanol–water partition coefficient (Wildman–Crippen LogP) is 3.42. The van der Waals surface area contributed by atoms with Crippen LogP contribution in [0.1, 0.15) is 18.4 Å². The van der Waals surface area contributed by atoms with Crippen molar-refractivity contribution in [3.8, 4) is 5.75 Å². The number of rotatable bonds is 5. The van der Waals surface area contributed by atoms with Crippen molar-refractivity contribution < 1.29 is 4.74 Å². The zero-order valence-corrected chi connectivity index (χ0v) is 13.9. The van der Waals surface area contributed by atoms with Crippen LogP contribution in [0.25, 0.3) is 0 Å². The van der Waals surface area contributed by atoms with Crippen molar-refractivity contribution in [2.24, 2.45) is 4.99 Å². The molecule has 1 fully saturated rings. The molecule has 0 aromatic heterocycles. The minimum absolute atomic E-state index is 0.892. The van der Waals surface area contributed by atoms with Gasteiger partial charge in [-0.1, -0.05) is 19.5 Å². The Bertz CT molecular complexity index is 442. The summed E-state index contributed by atoms with van der Waals surface area (Å²) in [5.74, 6) is 0.892. The molecule has 1 heterocycles. The average Bonchev–Trinajstić information content (AvgIpc) is 2.45. The summed E-state index contributed by atoms with van der Waals surface area (Å²) in [4.78, 5) is 4.57. The first-order valence-electron chi connectivity index (χ1n) is 7.51. The minimum Gasteiger partial charge on any atom is -0.497 e. The van der Waals surface area contributed by atoms with Gasteiger partial charge in [-0.25, -0.2) is 0 Å². The molecule has 0 radical (unpaired) electrons. The fraction of sp³-hybridized carbons (Fsp3) is 0.562. The lowest BCUT2D eigenvalue weighted by Gasteiger charge is -2.40. The first kappa shape index (κ1) is 15.3. The van der Waals surface area contributed by atoms with E-state index in [1.165, 1.54) is 25.4 Å². The number of nitrogens with zero attached hydrogens (tertiary/aromatic N) is 2. The summed E-state index contributed by atoms with van der Waals surface area (Å²) in [6.45, 7) is 8.27. The van der Waals surface area contributed by atoms with Crippen LogP contribution in [0.5, 0.6) is 5.75 Å². The molecule has 0 N–H and O–H groups in total. The molecule has 0 spiro atoms. The summed E-state index contributed by atoms with van der Waals surface area (Å²) in [5.41, 5.74) is 1.14. The van der Waals surface area contributed by atoms with Gasteiger partial charge in [0, 0.05) is 12.8 Å². The van der Waals surface area contributed by atoms with Gasteiger partial charge in [-0.3, -0.25) is 4.99 Å². The van der Waals surface area contributed by atoms with E-state index in [0.29, 0.717) is 0 Å². The Hall–Kier alpha value is -1.13. The summed E-state index contributed by atoms with van der Waals surface area (Å²) < 4.78 is 7.86. The third-order valence-corrected chi connectivity index (χ3v) is 7.91. The van der Waals surface area contributed by atoms with E-state index in [4.69, 9.17) is 4.74 Å². The largest absolute Gasteiger partial charge is 0.497 e. The average molecular weight is 290 g/mol. The van der Waals surface area contributed by atoms with E-state index in [2.05, 4.69) is 22.7 Å². The van der Waals surface area contributed by atoms with Crippen molar-refractivity contribution in [2.75, 3.05) is 26.7 Å². The fourth-order valence-electron chi connectivity index (χ4n) is 2.77. The van der Waals surface area contributed by atoms with Gasteiger partial charge in [0.25, 0.3) is 0 Å². The van der Waals surface area contributed by atoms with Crippen molar-refractivity contribution in [1.82, 2.24) is 4.57 Å². The molecule has 1 aromatic carbocycles. The molecule has 110 valence electrons. The number of hydrogen-bond donors (Lipinski definition) is 0. The number of benzene rings is 1. The maximum atomic E-state index is 5.15. The lowest BCUT2D eigenvalue weighted by molar-refractivity contribution is 0.392. The molecule has 2 rings (SSSR count). The molecule has 4 heteroatoms. The summed E-state index contributed by atoms with van der Waals surface area (Å²) in [7, 11) is 0.569. The highest BCUT2D eigenvalue weighted by Gasteiger charge is 2.31. The van der Waals surface area contributed by atoms with Gasteiger partial charge < -0.3 is 9.30 Å². The molecule has 20 heavy (non-hydrogen) atoms. The van der Waals surface area contributed by atoms with Crippen molar-refractivity contribution in [2.45, 2.75) is 32.0 Å². The van der Waals surface area contributed by atoms with Gasteiger partial charge in [-0.15, -0.1) is 0 Å². The summed E-state index contributed by atoms with van der Waals surface area (Å²) in [5, 5.41) is 0. The third-order valence-electron chi connectivity index (χ3n) is 4.18. The van der Waals surface area contributed by atoms with Gasteiger partial charge in [-0.05, 0) is 48.8 Å². The molecule has 1 saturated heterocycles. The van der Waals surface area contributed by atoms with E-state index in [1.54, 1.807) is 7.11 Å². The van der Waals surface area contributed by atoms with Gasteiger partial charge in [0.05, 0.1) is 13.7 Å². The maximum Gasteiger partial charge on any atom is 0.122 e. The van der Waals surface area contributed by atoms with Crippen LogP contribution in [-0.4, -0.2) is 45.8 Å². The Morgan fingerprint density at radius 1 is 1.25 bits per heavy atom. The SMILES string of the molecule is COc1ccc(C=NCCN2CCCC[Si]2(C)C)cc1. The van der Waals surface area contributed by atoms with E-state index in [-0.39, 0.29) is 0 Å². The Morgan fingerprint density at radius 2 is 2.00 bits per heavy atom. The lowest BCUT2D eigenvalue weighted by Crippen LogP contribution is -2.52. The van der Waals surface area contributed by atoms with Crippen molar-refractivity contribution >= 4 is 14.5 Å². The first-order valence-corrected chi connectivity index (χ1v) is 10.7. The Balaban J connectivity index is 1.81. The molecule has 1 aliphatic rings. The number of aliphatic imine (C=N–C) groups is 1. The van der Waals surface area contributed by atoms with Crippen LogP contribution in [0.15, 0.2) is 29.3 Å². The molecular formula is C16H26N2OSi. The number of hydrogen-bond acceptors (Lipinski definition) is 3. The smallest absolute Gasteiger partial charge is 0.122 e. The van der Waals surface area contributed by atoms with Crippen LogP contribution in [-0.2, 0) is 0 Å². The molecular weight excluding hydrogens is 264 g/mol. The normalized spacial score (nSPS) is 19.4. The standard InChI is InChI=1S/C16H26N2OSi/c1-19-16-8-6-15(7-9-16)14-17-10-12-18-11-4-5-13-20(18,2)3/h6-9,14H,4-5,10-13H2,1-3H3. The summed E-state index contributed by atoms with van der Waals surface area (Å²) in [6, 6.07) is 9.48. The van der Waals surface area contributed by atoms with E-state index in [9.17, 15) is 0 Å². The Morgan fingerprint density at radius 3 is 2.65 bits per heavy atom. The van der Waals surface area contributed by atoms with Gasteiger partial charge >= 0.3 is 0 Å². The first-order chi connectivity index (χ1) is 9.62. The van der Waals surface area contributed by atoms with Gasteiger partial charge in [-0.2, -0.15) is 0 Å². The quantitative estimate of drug-likeness (QED) is 0.613. The molecule has 0 unspecified atom stereocenters. The van der Waals surface area contributed by atoms with Gasteiger partial charge in [0.15, 0.2) is 0 Å². The lowest BCUT2D eigenvalue weighted by atomic mass is 10.2. The minimum atomic E-state index is -1.12. The number of ether oxygens (including phenoxy) is 1. The Labute approximate surface area is 123 Å². The van der Waals surface area contributed by atoms with Crippen LogP contribution in [0, 0.1) is 0 Å². The van der Waals surface area contributed by atoms with Gasteiger partial charge in [0.1, 0.15) is 14.0 Å². The molecule has 0 saturated carbocycles. The second-order valence-corrected chi connectivity index (χ2v) is 10.8. The predicted molar refractivity (Wildman–Crippen MR) is 88.6 cm³/mol. The zero-order chi connectivity index (χ0) is 14.4. The van der Waals surface area contributed by atoms with Crippen molar-refractivity contribution in [1.29, 1.82) is 0 Å².